The Bertz CT molecular complexity index is 520. The molecule has 108 valence electrons. The molecule has 0 aliphatic heterocycles. The van der Waals surface area contributed by atoms with Crippen molar-refractivity contribution in [2.75, 3.05) is 20.3 Å². The van der Waals surface area contributed by atoms with Crippen molar-refractivity contribution < 1.29 is 18.4 Å². The molecule has 1 aromatic carbocycles. The zero-order valence-electron chi connectivity index (χ0n) is 11.1. The fourth-order valence-electron chi connectivity index (χ4n) is 1.64. The molecule has 2 rings (SSSR count). The molecule has 1 N–H and O–H groups in total. The summed E-state index contributed by atoms with van der Waals surface area (Å²) in [6.07, 6.45) is 1.20. The SMILES string of the molecule is COCCNCc1cccc(F)c1OCc1ncon1. The van der Waals surface area contributed by atoms with E-state index in [1.807, 2.05) is 0 Å². The van der Waals surface area contributed by atoms with Crippen LogP contribution in [0.3, 0.4) is 0 Å². The molecule has 0 fully saturated rings. The molecule has 0 spiro atoms. The fraction of sp³-hybridized carbons (Fsp3) is 0.385. The van der Waals surface area contributed by atoms with Gasteiger partial charge in [0.2, 0.25) is 12.2 Å². The van der Waals surface area contributed by atoms with Gasteiger partial charge in [-0.3, -0.25) is 0 Å². The molecule has 0 aliphatic rings. The lowest BCUT2D eigenvalue weighted by molar-refractivity contribution is 0.199. The summed E-state index contributed by atoms with van der Waals surface area (Å²) in [6.45, 7) is 1.82. The smallest absolute Gasteiger partial charge is 0.213 e. The third kappa shape index (κ3) is 4.01. The molecular weight excluding hydrogens is 265 g/mol. The van der Waals surface area contributed by atoms with Gasteiger partial charge in [0, 0.05) is 25.8 Å². The van der Waals surface area contributed by atoms with E-state index in [-0.39, 0.29) is 12.4 Å². The number of nitrogens with one attached hydrogen (secondary N) is 1. The molecule has 0 amide bonds. The van der Waals surface area contributed by atoms with Crippen molar-refractivity contribution in [3.8, 4) is 5.75 Å². The van der Waals surface area contributed by atoms with Crippen LogP contribution in [0.1, 0.15) is 11.4 Å². The highest BCUT2D eigenvalue weighted by Gasteiger charge is 2.11. The molecule has 20 heavy (non-hydrogen) atoms. The second-order valence-corrected chi connectivity index (χ2v) is 4.03. The number of hydrogen-bond acceptors (Lipinski definition) is 6. The maximum absolute atomic E-state index is 13.8. The number of benzene rings is 1. The van der Waals surface area contributed by atoms with E-state index in [0.29, 0.717) is 25.5 Å². The van der Waals surface area contributed by atoms with Crippen molar-refractivity contribution in [3.63, 3.8) is 0 Å². The van der Waals surface area contributed by atoms with Gasteiger partial charge < -0.3 is 19.3 Å². The summed E-state index contributed by atoms with van der Waals surface area (Å²) in [5.41, 5.74) is 0.726. The minimum atomic E-state index is -0.417. The summed E-state index contributed by atoms with van der Waals surface area (Å²) in [7, 11) is 1.63. The highest BCUT2D eigenvalue weighted by atomic mass is 19.1. The van der Waals surface area contributed by atoms with Crippen LogP contribution in [0.25, 0.3) is 0 Å². The zero-order chi connectivity index (χ0) is 14.2. The van der Waals surface area contributed by atoms with E-state index in [1.165, 1.54) is 12.5 Å². The highest BCUT2D eigenvalue weighted by molar-refractivity contribution is 5.34. The Morgan fingerprint density at radius 2 is 2.30 bits per heavy atom. The van der Waals surface area contributed by atoms with E-state index in [2.05, 4.69) is 20.0 Å². The summed E-state index contributed by atoms with van der Waals surface area (Å²) >= 11 is 0. The van der Waals surface area contributed by atoms with Gasteiger partial charge in [0.05, 0.1) is 6.61 Å². The van der Waals surface area contributed by atoms with Gasteiger partial charge >= 0.3 is 0 Å². The molecule has 0 bridgehead atoms. The number of rotatable bonds is 8. The molecule has 1 heterocycles. The average molecular weight is 281 g/mol. The van der Waals surface area contributed by atoms with Crippen LogP contribution >= 0.6 is 0 Å². The van der Waals surface area contributed by atoms with E-state index in [1.54, 1.807) is 19.2 Å². The Morgan fingerprint density at radius 1 is 1.40 bits per heavy atom. The predicted octanol–water partition coefficient (Wildman–Crippen LogP) is 1.52. The minimum absolute atomic E-state index is 0.0580. The van der Waals surface area contributed by atoms with Crippen LogP contribution in [-0.2, 0) is 17.9 Å². The summed E-state index contributed by atoms with van der Waals surface area (Å²) in [4.78, 5) is 3.82. The van der Waals surface area contributed by atoms with E-state index in [4.69, 9.17) is 9.47 Å². The van der Waals surface area contributed by atoms with Crippen LogP contribution in [0, 0.1) is 5.82 Å². The Balaban J connectivity index is 1.98. The molecule has 7 heteroatoms. The standard InChI is InChI=1S/C13H16FN3O3/c1-18-6-5-15-7-10-3-2-4-11(14)13(10)19-8-12-16-9-20-17-12/h2-4,9,15H,5-8H2,1H3. The first kappa shape index (κ1) is 14.4. The topological polar surface area (TPSA) is 69.4 Å². The van der Waals surface area contributed by atoms with Crippen LogP contribution in [-0.4, -0.2) is 30.4 Å². The van der Waals surface area contributed by atoms with Crippen LogP contribution in [0.2, 0.25) is 0 Å². The summed E-state index contributed by atoms with van der Waals surface area (Å²) in [5.74, 6) is 0.147. The first-order chi connectivity index (χ1) is 9.81. The number of aromatic nitrogens is 2. The normalized spacial score (nSPS) is 10.7. The van der Waals surface area contributed by atoms with E-state index < -0.39 is 5.82 Å². The van der Waals surface area contributed by atoms with Crippen molar-refractivity contribution in [3.05, 3.63) is 41.8 Å². The molecule has 0 radical (unpaired) electrons. The second-order valence-electron chi connectivity index (χ2n) is 4.03. The molecule has 1 aromatic heterocycles. The van der Waals surface area contributed by atoms with Gasteiger partial charge in [-0.2, -0.15) is 4.98 Å². The molecule has 6 nitrogen and oxygen atoms in total. The molecule has 0 unspecified atom stereocenters. The Labute approximate surface area is 115 Å². The van der Waals surface area contributed by atoms with Gasteiger partial charge in [0.1, 0.15) is 0 Å². The highest BCUT2D eigenvalue weighted by Crippen LogP contribution is 2.23. The van der Waals surface area contributed by atoms with Crippen LogP contribution < -0.4 is 10.1 Å². The van der Waals surface area contributed by atoms with Crippen LogP contribution in [0.15, 0.2) is 29.1 Å². The molecule has 0 saturated heterocycles. The molecular formula is C13H16FN3O3. The number of methoxy groups -OCH3 is 1. The van der Waals surface area contributed by atoms with Gasteiger partial charge in [-0.05, 0) is 6.07 Å². The van der Waals surface area contributed by atoms with Crippen molar-refractivity contribution in [2.24, 2.45) is 0 Å². The second kappa shape index (κ2) is 7.56. The Hall–Kier alpha value is -1.99. The monoisotopic (exact) mass is 281 g/mol. The lowest BCUT2D eigenvalue weighted by atomic mass is 10.2. The maximum Gasteiger partial charge on any atom is 0.213 e. The fourth-order valence-corrected chi connectivity index (χ4v) is 1.64. The number of nitrogens with zero attached hydrogens (tertiary/aromatic N) is 2. The van der Waals surface area contributed by atoms with Crippen molar-refractivity contribution >= 4 is 0 Å². The summed E-state index contributed by atoms with van der Waals surface area (Å²) in [5, 5.41) is 6.75. The number of hydrogen-bond donors (Lipinski definition) is 1. The first-order valence-corrected chi connectivity index (χ1v) is 6.16. The Morgan fingerprint density at radius 3 is 3.05 bits per heavy atom. The lowest BCUT2D eigenvalue weighted by Crippen LogP contribution is -2.19. The lowest BCUT2D eigenvalue weighted by Gasteiger charge is -2.12. The number of halogens is 1. The third-order valence-corrected chi connectivity index (χ3v) is 2.60. The van der Waals surface area contributed by atoms with Crippen molar-refractivity contribution in [1.82, 2.24) is 15.5 Å². The summed E-state index contributed by atoms with van der Waals surface area (Å²) in [6, 6.07) is 4.79. The molecule has 2 aromatic rings. The van der Waals surface area contributed by atoms with Crippen molar-refractivity contribution in [2.45, 2.75) is 13.2 Å². The zero-order valence-corrected chi connectivity index (χ0v) is 11.1. The van der Waals surface area contributed by atoms with Gasteiger partial charge in [-0.25, -0.2) is 4.39 Å². The first-order valence-electron chi connectivity index (χ1n) is 6.16. The average Bonchev–Trinajstić information content (AvgIpc) is 2.96. The van der Waals surface area contributed by atoms with Gasteiger partial charge in [-0.15, -0.1) is 0 Å². The molecule has 0 aliphatic carbocycles. The maximum atomic E-state index is 13.8. The van der Waals surface area contributed by atoms with E-state index in [9.17, 15) is 4.39 Å². The Kier molecular flexibility index (Phi) is 5.45. The number of para-hydroxylation sites is 1. The van der Waals surface area contributed by atoms with Crippen LogP contribution in [0.5, 0.6) is 5.75 Å². The van der Waals surface area contributed by atoms with E-state index in [0.717, 1.165) is 5.56 Å². The van der Waals surface area contributed by atoms with Crippen LogP contribution in [0.4, 0.5) is 4.39 Å². The van der Waals surface area contributed by atoms with Gasteiger partial charge in [0.25, 0.3) is 0 Å². The predicted molar refractivity (Wildman–Crippen MR) is 68.6 cm³/mol. The van der Waals surface area contributed by atoms with Gasteiger partial charge in [-0.1, -0.05) is 17.3 Å². The minimum Gasteiger partial charge on any atom is -0.482 e. The molecule has 0 saturated carbocycles. The van der Waals surface area contributed by atoms with Gasteiger partial charge in [0.15, 0.2) is 18.2 Å². The third-order valence-electron chi connectivity index (χ3n) is 2.60. The summed E-state index contributed by atoms with van der Waals surface area (Å²) < 4.78 is 28.8. The van der Waals surface area contributed by atoms with E-state index >= 15 is 0 Å². The number of ether oxygens (including phenoxy) is 2. The largest absolute Gasteiger partial charge is 0.482 e. The molecule has 0 atom stereocenters. The quantitative estimate of drug-likeness (QED) is 0.740. The van der Waals surface area contributed by atoms with Crippen molar-refractivity contribution in [1.29, 1.82) is 0 Å².